The predicted molar refractivity (Wildman–Crippen MR) is 138 cm³/mol. The molecule has 0 unspecified atom stereocenters. The SMILES string of the molecule is O=C(NCc1ccccc1CN1CCCC1)c1ccc(S(=O)(=O)N2CCCc3ccccc32)cc1. The maximum absolute atomic E-state index is 13.3. The topological polar surface area (TPSA) is 69.7 Å². The zero-order valence-electron chi connectivity index (χ0n) is 19.8. The third kappa shape index (κ3) is 5.11. The van der Waals surface area contributed by atoms with Crippen LogP contribution in [0.3, 0.4) is 0 Å². The fraction of sp³-hybridized carbons (Fsp3) is 0.321. The second kappa shape index (κ2) is 10.2. The van der Waals surface area contributed by atoms with E-state index >= 15 is 0 Å². The maximum atomic E-state index is 13.3. The van der Waals surface area contributed by atoms with E-state index in [0.29, 0.717) is 18.7 Å². The van der Waals surface area contributed by atoms with Crippen molar-refractivity contribution in [2.75, 3.05) is 23.9 Å². The number of likely N-dealkylation sites (tertiary alicyclic amines) is 1. The molecule has 0 aromatic heterocycles. The Morgan fingerprint density at radius 2 is 1.49 bits per heavy atom. The Hall–Kier alpha value is -3.16. The van der Waals surface area contributed by atoms with Crippen LogP contribution in [-0.4, -0.2) is 38.9 Å². The van der Waals surface area contributed by atoms with Gasteiger partial charge in [-0.3, -0.25) is 14.0 Å². The number of fused-ring (bicyclic) bond motifs is 1. The fourth-order valence-electron chi connectivity index (χ4n) is 5.00. The van der Waals surface area contributed by atoms with Gasteiger partial charge >= 0.3 is 0 Å². The molecule has 1 N–H and O–H groups in total. The summed E-state index contributed by atoms with van der Waals surface area (Å²) in [6, 6.07) is 22.1. The number of hydrogen-bond donors (Lipinski definition) is 1. The highest BCUT2D eigenvalue weighted by Crippen LogP contribution is 2.31. The van der Waals surface area contributed by atoms with Crippen molar-refractivity contribution < 1.29 is 13.2 Å². The zero-order chi connectivity index (χ0) is 24.3. The number of carbonyl (C=O) groups excluding carboxylic acids is 1. The molecule has 1 amide bonds. The van der Waals surface area contributed by atoms with Gasteiger partial charge in [0.05, 0.1) is 10.6 Å². The second-order valence-electron chi connectivity index (χ2n) is 9.27. The largest absolute Gasteiger partial charge is 0.348 e. The number of anilines is 1. The summed E-state index contributed by atoms with van der Waals surface area (Å²) in [6.07, 6.45) is 4.15. The highest BCUT2D eigenvalue weighted by molar-refractivity contribution is 7.92. The molecule has 2 aliphatic heterocycles. The van der Waals surface area contributed by atoms with Crippen LogP contribution in [0.25, 0.3) is 0 Å². The van der Waals surface area contributed by atoms with Crippen LogP contribution in [0.5, 0.6) is 0 Å². The number of carbonyl (C=O) groups is 1. The van der Waals surface area contributed by atoms with E-state index in [1.807, 2.05) is 36.4 Å². The Balaban J connectivity index is 1.26. The lowest BCUT2D eigenvalue weighted by atomic mass is 10.0. The third-order valence-electron chi connectivity index (χ3n) is 6.92. The van der Waals surface area contributed by atoms with Gasteiger partial charge in [0.2, 0.25) is 0 Å². The molecule has 0 atom stereocenters. The van der Waals surface area contributed by atoms with Crippen LogP contribution >= 0.6 is 0 Å². The Morgan fingerprint density at radius 1 is 0.800 bits per heavy atom. The highest BCUT2D eigenvalue weighted by Gasteiger charge is 2.29. The summed E-state index contributed by atoms with van der Waals surface area (Å²) in [4.78, 5) is 15.5. The minimum Gasteiger partial charge on any atom is -0.348 e. The first kappa shape index (κ1) is 23.6. The molecule has 7 heteroatoms. The van der Waals surface area contributed by atoms with Crippen molar-refractivity contribution in [2.45, 2.75) is 43.7 Å². The van der Waals surface area contributed by atoms with Gasteiger partial charge in [-0.2, -0.15) is 0 Å². The summed E-state index contributed by atoms with van der Waals surface area (Å²) in [6.45, 7) is 4.04. The van der Waals surface area contributed by atoms with Crippen molar-refractivity contribution in [3.05, 3.63) is 95.1 Å². The van der Waals surface area contributed by atoms with E-state index in [4.69, 9.17) is 0 Å². The fourth-order valence-corrected chi connectivity index (χ4v) is 6.54. The quantitative estimate of drug-likeness (QED) is 0.536. The Labute approximate surface area is 207 Å². The van der Waals surface area contributed by atoms with Gasteiger partial charge in [-0.15, -0.1) is 0 Å². The maximum Gasteiger partial charge on any atom is 0.264 e. The number of rotatable bonds is 7. The molecule has 0 radical (unpaired) electrons. The molecular weight excluding hydrogens is 458 g/mol. The van der Waals surface area contributed by atoms with Crippen LogP contribution in [0.2, 0.25) is 0 Å². The summed E-state index contributed by atoms with van der Waals surface area (Å²) in [7, 11) is -3.69. The molecule has 0 aliphatic carbocycles. The molecule has 35 heavy (non-hydrogen) atoms. The number of benzene rings is 3. The standard InChI is InChI=1S/C28H31N3O3S/c32-28(29-20-24-9-1-2-10-25(24)21-30-17-5-6-18-30)23-13-15-26(16-14-23)35(33,34)31-19-7-11-22-8-3-4-12-27(22)31/h1-4,8-10,12-16H,5-7,11,17-21H2,(H,29,32). The summed E-state index contributed by atoms with van der Waals surface area (Å²) < 4.78 is 28.2. The number of aryl methyl sites for hydroxylation is 1. The lowest BCUT2D eigenvalue weighted by Gasteiger charge is -2.30. The number of nitrogens with one attached hydrogen (secondary N) is 1. The van der Waals surface area contributed by atoms with Gasteiger partial charge in [0, 0.05) is 25.2 Å². The molecule has 6 nitrogen and oxygen atoms in total. The van der Waals surface area contributed by atoms with Gasteiger partial charge in [-0.25, -0.2) is 8.42 Å². The van der Waals surface area contributed by atoms with Crippen LogP contribution in [0.4, 0.5) is 5.69 Å². The molecule has 5 rings (SSSR count). The summed E-state index contributed by atoms with van der Waals surface area (Å²) in [5.41, 5.74) is 4.57. The molecule has 3 aromatic rings. The minimum absolute atomic E-state index is 0.196. The average molecular weight is 490 g/mol. The number of nitrogens with zero attached hydrogens (tertiary/aromatic N) is 2. The van der Waals surface area contributed by atoms with E-state index in [-0.39, 0.29) is 10.8 Å². The third-order valence-corrected chi connectivity index (χ3v) is 8.75. The van der Waals surface area contributed by atoms with Crippen LogP contribution < -0.4 is 9.62 Å². The first-order chi connectivity index (χ1) is 17.0. The van der Waals surface area contributed by atoms with Gasteiger partial charge in [0.1, 0.15) is 0 Å². The first-order valence-electron chi connectivity index (χ1n) is 12.3. The van der Waals surface area contributed by atoms with Gasteiger partial charge in [0.25, 0.3) is 15.9 Å². The molecular formula is C28H31N3O3S. The van der Waals surface area contributed by atoms with Crippen molar-refractivity contribution in [3.63, 3.8) is 0 Å². The lowest BCUT2D eigenvalue weighted by molar-refractivity contribution is 0.0950. The predicted octanol–water partition coefficient (Wildman–Crippen LogP) is 4.35. The van der Waals surface area contributed by atoms with E-state index in [1.54, 1.807) is 12.1 Å². The van der Waals surface area contributed by atoms with Gasteiger partial charge < -0.3 is 5.32 Å². The highest BCUT2D eigenvalue weighted by atomic mass is 32.2. The Bertz CT molecular complexity index is 1300. The Kier molecular flexibility index (Phi) is 6.88. The van der Waals surface area contributed by atoms with Crippen LogP contribution in [-0.2, 0) is 29.5 Å². The van der Waals surface area contributed by atoms with Crippen molar-refractivity contribution in [1.29, 1.82) is 0 Å². The van der Waals surface area contributed by atoms with Gasteiger partial charge in [-0.05, 0) is 85.8 Å². The zero-order valence-corrected chi connectivity index (χ0v) is 20.6. The molecule has 0 spiro atoms. The first-order valence-corrected chi connectivity index (χ1v) is 13.7. The van der Waals surface area contributed by atoms with Gasteiger partial charge in [0.15, 0.2) is 0 Å². The van der Waals surface area contributed by atoms with Crippen molar-refractivity contribution in [2.24, 2.45) is 0 Å². The average Bonchev–Trinajstić information content (AvgIpc) is 3.41. The van der Waals surface area contributed by atoms with E-state index < -0.39 is 10.0 Å². The molecule has 0 saturated carbocycles. The number of sulfonamides is 1. The van der Waals surface area contributed by atoms with E-state index in [1.165, 1.54) is 34.8 Å². The van der Waals surface area contributed by atoms with E-state index in [9.17, 15) is 13.2 Å². The van der Waals surface area contributed by atoms with E-state index in [0.717, 1.165) is 49.3 Å². The number of para-hydroxylation sites is 1. The smallest absolute Gasteiger partial charge is 0.264 e. The molecule has 1 saturated heterocycles. The normalized spacial score (nSPS) is 16.2. The van der Waals surface area contributed by atoms with Crippen molar-refractivity contribution >= 4 is 21.6 Å². The van der Waals surface area contributed by atoms with Crippen LogP contribution in [0.15, 0.2) is 77.7 Å². The monoisotopic (exact) mass is 489 g/mol. The summed E-state index contributed by atoms with van der Waals surface area (Å²) >= 11 is 0. The molecule has 2 heterocycles. The molecule has 182 valence electrons. The minimum atomic E-state index is -3.69. The molecule has 3 aromatic carbocycles. The van der Waals surface area contributed by atoms with E-state index in [2.05, 4.69) is 22.3 Å². The van der Waals surface area contributed by atoms with Crippen LogP contribution in [0.1, 0.15) is 46.3 Å². The number of hydrogen-bond acceptors (Lipinski definition) is 4. The van der Waals surface area contributed by atoms with Crippen molar-refractivity contribution in [3.8, 4) is 0 Å². The van der Waals surface area contributed by atoms with Crippen molar-refractivity contribution in [1.82, 2.24) is 10.2 Å². The summed E-state index contributed by atoms with van der Waals surface area (Å²) in [5.74, 6) is -0.215. The van der Waals surface area contributed by atoms with Gasteiger partial charge in [-0.1, -0.05) is 42.5 Å². The van der Waals surface area contributed by atoms with Crippen LogP contribution in [0, 0.1) is 0 Å². The number of amides is 1. The Morgan fingerprint density at radius 3 is 2.26 bits per heavy atom. The summed E-state index contributed by atoms with van der Waals surface area (Å²) in [5, 5.41) is 3.00. The molecule has 2 aliphatic rings. The second-order valence-corrected chi connectivity index (χ2v) is 11.1. The molecule has 0 bridgehead atoms. The lowest BCUT2D eigenvalue weighted by Crippen LogP contribution is -2.35. The molecule has 1 fully saturated rings.